The number of ether oxygens (including phenoxy) is 2. The summed E-state index contributed by atoms with van der Waals surface area (Å²) in [6.45, 7) is 4.79. The van der Waals surface area contributed by atoms with Crippen molar-refractivity contribution in [3.63, 3.8) is 0 Å². The molecule has 2 atom stereocenters. The highest BCUT2D eigenvalue weighted by molar-refractivity contribution is 7.99. The van der Waals surface area contributed by atoms with Crippen molar-refractivity contribution >= 4 is 17.7 Å². The molecule has 3 aromatic rings. The minimum absolute atomic E-state index is 0.145. The Morgan fingerprint density at radius 2 is 2.00 bits per heavy atom. The molecule has 2 heterocycles. The summed E-state index contributed by atoms with van der Waals surface area (Å²) in [4.78, 5) is 18.5. The van der Waals surface area contributed by atoms with E-state index in [0.29, 0.717) is 0 Å². The second kappa shape index (κ2) is 10.2. The van der Waals surface area contributed by atoms with Gasteiger partial charge in [-0.3, -0.25) is 9.69 Å². The molecule has 1 fully saturated rings. The highest BCUT2D eigenvalue weighted by Gasteiger charge is 2.31. The Bertz CT molecular complexity index is 1050. The standard InChI is InChI=1S/C25H28N2O4S/c1-17-6-4-5-7-21(17)24(23-18(2)30-15-26-23)31-20-10-8-19(9-11-20)12-13-27-16-32-14-22(27)25(28)29-3/h4-11,15,22,24H,12-14,16H2,1-3H3/t22?,24-/m1/s1. The SMILES string of the molecule is COC(=O)C1CSCN1CCc1ccc(O[C@H](c2ccccc2C)c2ncoc2C)cc1. The average molecular weight is 453 g/mol. The molecule has 7 heteroatoms. The molecule has 0 N–H and O–H groups in total. The highest BCUT2D eigenvalue weighted by Crippen LogP contribution is 2.31. The van der Waals surface area contributed by atoms with E-state index in [0.717, 1.165) is 52.9 Å². The summed E-state index contributed by atoms with van der Waals surface area (Å²) in [7, 11) is 1.45. The van der Waals surface area contributed by atoms with Crippen molar-refractivity contribution < 1.29 is 18.7 Å². The number of methoxy groups -OCH3 is 1. The Hall–Kier alpha value is -2.77. The Morgan fingerprint density at radius 1 is 1.22 bits per heavy atom. The van der Waals surface area contributed by atoms with Crippen LogP contribution in [0.5, 0.6) is 5.75 Å². The molecule has 0 saturated carbocycles. The summed E-state index contributed by atoms with van der Waals surface area (Å²) in [6.07, 6.45) is 1.97. The summed E-state index contributed by atoms with van der Waals surface area (Å²) in [6, 6.07) is 16.2. The highest BCUT2D eigenvalue weighted by atomic mass is 32.2. The number of carbonyl (C=O) groups excluding carboxylic acids is 1. The number of aryl methyl sites for hydroxylation is 2. The first-order valence-electron chi connectivity index (χ1n) is 10.7. The number of aromatic nitrogens is 1. The lowest BCUT2D eigenvalue weighted by atomic mass is 10.00. The second-order valence-electron chi connectivity index (χ2n) is 7.89. The largest absolute Gasteiger partial charge is 0.479 e. The first-order chi connectivity index (χ1) is 15.6. The molecule has 32 heavy (non-hydrogen) atoms. The number of thioether (sulfide) groups is 1. The maximum Gasteiger partial charge on any atom is 0.323 e. The molecule has 6 nitrogen and oxygen atoms in total. The Labute approximate surface area is 192 Å². The molecule has 1 saturated heterocycles. The summed E-state index contributed by atoms with van der Waals surface area (Å²) in [5, 5.41) is 0. The van der Waals surface area contributed by atoms with Gasteiger partial charge in [-0.1, -0.05) is 36.4 Å². The minimum atomic E-state index is -0.344. The zero-order valence-corrected chi connectivity index (χ0v) is 19.4. The van der Waals surface area contributed by atoms with E-state index in [2.05, 4.69) is 41.1 Å². The summed E-state index contributed by atoms with van der Waals surface area (Å²) >= 11 is 1.77. The zero-order chi connectivity index (χ0) is 22.5. The normalized spacial score (nSPS) is 17.3. The monoisotopic (exact) mass is 452 g/mol. The predicted molar refractivity (Wildman–Crippen MR) is 125 cm³/mol. The van der Waals surface area contributed by atoms with E-state index in [1.165, 1.54) is 19.1 Å². The van der Waals surface area contributed by atoms with Crippen molar-refractivity contribution in [1.82, 2.24) is 9.88 Å². The van der Waals surface area contributed by atoms with Crippen LogP contribution in [-0.4, -0.2) is 47.2 Å². The van der Waals surface area contributed by atoms with Gasteiger partial charge < -0.3 is 13.9 Å². The third-order valence-electron chi connectivity index (χ3n) is 5.81. The quantitative estimate of drug-likeness (QED) is 0.465. The first kappa shape index (κ1) is 22.4. The molecule has 0 aliphatic carbocycles. The Balaban J connectivity index is 1.45. The van der Waals surface area contributed by atoms with Gasteiger partial charge in [-0.15, -0.1) is 11.8 Å². The number of hydrogen-bond acceptors (Lipinski definition) is 7. The van der Waals surface area contributed by atoms with Gasteiger partial charge in [0.1, 0.15) is 23.2 Å². The van der Waals surface area contributed by atoms with Gasteiger partial charge in [0.15, 0.2) is 12.5 Å². The van der Waals surface area contributed by atoms with Crippen LogP contribution in [0.15, 0.2) is 59.3 Å². The molecular formula is C25H28N2O4S. The zero-order valence-electron chi connectivity index (χ0n) is 18.6. The van der Waals surface area contributed by atoms with Gasteiger partial charge in [-0.2, -0.15) is 0 Å². The van der Waals surface area contributed by atoms with Crippen LogP contribution in [0.3, 0.4) is 0 Å². The lowest BCUT2D eigenvalue weighted by Gasteiger charge is -2.22. The van der Waals surface area contributed by atoms with Gasteiger partial charge in [0, 0.05) is 23.7 Å². The lowest BCUT2D eigenvalue weighted by Crippen LogP contribution is -2.39. The number of hydrogen-bond donors (Lipinski definition) is 0. The maximum absolute atomic E-state index is 11.9. The van der Waals surface area contributed by atoms with Crippen LogP contribution in [0.4, 0.5) is 0 Å². The molecule has 4 rings (SSSR count). The Kier molecular flexibility index (Phi) is 7.17. The maximum atomic E-state index is 11.9. The third-order valence-corrected chi connectivity index (χ3v) is 6.88. The van der Waals surface area contributed by atoms with Gasteiger partial charge in [-0.05, 0) is 43.5 Å². The van der Waals surface area contributed by atoms with E-state index in [-0.39, 0.29) is 18.1 Å². The molecule has 0 amide bonds. The van der Waals surface area contributed by atoms with E-state index >= 15 is 0 Å². The number of nitrogens with zero attached hydrogens (tertiary/aromatic N) is 2. The molecular weight excluding hydrogens is 424 g/mol. The van der Waals surface area contributed by atoms with Crippen LogP contribution in [-0.2, 0) is 16.0 Å². The van der Waals surface area contributed by atoms with Crippen LogP contribution in [0, 0.1) is 13.8 Å². The van der Waals surface area contributed by atoms with Crippen LogP contribution >= 0.6 is 11.8 Å². The van der Waals surface area contributed by atoms with Crippen LogP contribution in [0.1, 0.15) is 34.2 Å². The van der Waals surface area contributed by atoms with E-state index in [1.807, 2.05) is 31.2 Å². The van der Waals surface area contributed by atoms with Crippen molar-refractivity contribution in [3.05, 3.63) is 83.1 Å². The summed E-state index contributed by atoms with van der Waals surface area (Å²) in [5.74, 6) is 3.02. The molecule has 0 spiro atoms. The van der Waals surface area contributed by atoms with Crippen molar-refractivity contribution in [1.29, 1.82) is 0 Å². The molecule has 1 aliphatic heterocycles. The van der Waals surface area contributed by atoms with Crippen LogP contribution < -0.4 is 4.74 Å². The second-order valence-corrected chi connectivity index (χ2v) is 8.89. The first-order valence-corrected chi connectivity index (χ1v) is 11.8. The van der Waals surface area contributed by atoms with Gasteiger partial charge >= 0.3 is 5.97 Å². The van der Waals surface area contributed by atoms with Gasteiger partial charge in [0.2, 0.25) is 0 Å². The van der Waals surface area contributed by atoms with Crippen LogP contribution in [0.25, 0.3) is 0 Å². The fourth-order valence-corrected chi connectivity index (χ4v) is 5.13. The lowest BCUT2D eigenvalue weighted by molar-refractivity contribution is -0.145. The van der Waals surface area contributed by atoms with E-state index in [1.54, 1.807) is 11.8 Å². The molecule has 0 radical (unpaired) electrons. The molecule has 1 aromatic heterocycles. The minimum Gasteiger partial charge on any atom is -0.479 e. The van der Waals surface area contributed by atoms with Gasteiger partial charge in [-0.25, -0.2) is 4.98 Å². The van der Waals surface area contributed by atoms with E-state index in [4.69, 9.17) is 13.9 Å². The smallest absolute Gasteiger partial charge is 0.323 e. The van der Waals surface area contributed by atoms with E-state index in [9.17, 15) is 4.79 Å². The topological polar surface area (TPSA) is 64.8 Å². The number of esters is 1. The van der Waals surface area contributed by atoms with Crippen molar-refractivity contribution in [3.8, 4) is 5.75 Å². The fourth-order valence-electron chi connectivity index (χ4n) is 3.91. The molecule has 0 bridgehead atoms. The molecule has 2 aromatic carbocycles. The van der Waals surface area contributed by atoms with Crippen molar-refractivity contribution in [2.24, 2.45) is 0 Å². The third kappa shape index (κ3) is 5.00. The van der Waals surface area contributed by atoms with Gasteiger partial charge in [0.05, 0.1) is 7.11 Å². The summed E-state index contributed by atoms with van der Waals surface area (Å²) < 4.78 is 16.8. The number of carbonyl (C=O) groups is 1. The van der Waals surface area contributed by atoms with Gasteiger partial charge in [0.25, 0.3) is 0 Å². The fraction of sp³-hybridized carbons (Fsp3) is 0.360. The number of benzene rings is 2. The molecule has 1 unspecified atom stereocenters. The van der Waals surface area contributed by atoms with Crippen molar-refractivity contribution in [2.45, 2.75) is 32.4 Å². The van der Waals surface area contributed by atoms with Crippen molar-refractivity contribution in [2.75, 3.05) is 25.3 Å². The predicted octanol–water partition coefficient (Wildman–Crippen LogP) is 4.55. The molecule has 1 aliphatic rings. The average Bonchev–Trinajstić information content (AvgIpc) is 3.46. The van der Waals surface area contributed by atoms with E-state index < -0.39 is 0 Å². The molecule has 168 valence electrons. The number of oxazole rings is 1. The summed E-state index contributed by atoms with van der Waals surface area (Å²) in [5.41, 5.74) is 4.18. The number of rotatable bonds is 8. The Morgan fingerprint density at radius 3 is 2.69 bits per heavy atom. The van der Waals surface area contributed by atoms with Crippen LogP contribution in [0.2, 0.25) is 0 Å².